The second-order valence-corrected chi connectivity index (χ2v) is 15.1. The van der Waals surface area contributed by atoms with Gasteiger partial charge in [-0.05, 0) is 89.7 Å². The highest BCUT2D eigenvalue weighted by Crippen LogP contribution is 2.63. The summed E-state index contributed by atoms with van der Waals surface area (Å²) >= 11 is 0. The zero-order valence-corrected chi connectivity index (χ0v) is 30.0. The molecular formula is C54H34O. The second kappa shape index (κ2) is 11.3. The van der Waals surface area contributed by atoms with Gasteiger partial charge in [0.2, 0.25) is 0 Å². The molecule has 1 aliphatic heterocycles. The van der Waals surface area contributed by atoms with Crippen LogP contribution in [0.15, 0.2) is 206 Å². The van der Waals surface area contributed by atoms with Gasteiger partial charge in [-0.3, -0.25) is 0 Å². The molecule has 0 amide bonds. The number of benzene rings is 9. The van der Waals surface area contributed by atoms with Crippen molar-refractivity contribution in [1.29, 1.82) is 0 Å². The molecule has 55 heavy (non-hydrogen) atoms. The Kier molecular flexibility index (Phi) is 6.25. The fourth-order valence-corrected chi connectivity index (χ4v) is 10.6. The molecule has 0 bridgehead atoms. The van der Waals surface area contributed by atoms with E-state index in [-0.39, 0.29) is 0 Å². The monoisotopic (exact) mass is 698 g/mol. The highest BCUT2D eigenvalue weighted by molar-refractivity contribution is 6.08. The van der Waals surface area contributed by atoms with Crippen molar-refractivity contribution in [2.45, 2.75) is 10.8 Å². The van der Waals surface area contributed by atoms with Crippen molar-refractivity contribution >= 4 is 10.8 Å². The van der Waals surface area contributed by atoms with E-state index in [0.29, 0.717) is 0 Å². The van der Waals surface area contributed by atoms with Gasteiger partial charge in [-0.25, -0.2) is 0 Å². The van der Waals surface area contributed by atoms with Crippen LogP contribution >= 0.6 is 0 Å². The van der Waals surface area contributed by atoms with E-state index in [1.165, 1.54) is 72.0 Å². The molecule has 1 heteroatoms. The predicted molar refractivity (Wildman–Crippen MR) is 224 cm³/mol. The van der Waals surface area contributed by atoms with Gasteiger partial charge in [0.05, 0.1) is 10.8 Å². The molecule has 1 nitrogen and oxygen atoms in total. The molecule has 1 unspecified atom stereocenters. The fraction of sp³-hybridized carbons (Fsp3) is 0.0370. The molecule has 1 atom stereocenters. The lowest BCUT2D eigenvalue weighted by molar-refractivity contribution is 0.435. The molecule has 9 aromatic carbocycles. The van der Waals surface area contributed by atoms with Crippen LogP contribution in [0.5, 0.6) is 11.5 Å². The number of rotatable bonds is 3. The van der Waals surface area contributed by atoms with Crippen molar-refractivity contribution in [2.24, 2.45) is 0 Å². The van der Waals surface area contributed by atoms with E-state index in [1.807, 2.05) is 0 Å². The molecule has 0 saturated carbocycles. The second-order valence-electron chi connectivity index (χ2n) is 15.1. The molecule has 0 aromatic heterocycles. The van der Waals surface area contributed by atoms with Gasteiger partial charge in [0.25, 0.3) is 0 Å². The maximum Gasteiger partial charge on any atom is 0.132 e. The molecule has 1 heterocycles. The summed E-state index contributed by atoms with van der Waals surface area (Å²) in [5, 5.41) is 2.62. The molecule has 0 fully saturated rings. The standard InChI is InChI=1S/C54H34O/c1-3-18-37(19-4-1)53(38-20-5-2-6-21-38)45-28-11-12-31-49(45)55-50-34-36(32-33-46(50)53)39-24-15-30-48-52(39)42-23-8-10-27-44(42)54(48)43-26-9-7-22-40(43)41-25-13-16-35-17-14-29-47(54)51(35)41/h1-34H. The number of para-hydroxylation sites is 1. The fourth-order valence-electron chi connectivity index (χ4n) is 10.6. The Labute approximate surface area is 320 Å². The summed E-state index contributed by atoms with van der Waals surface area (Å²) < 4.78 is 6.96. The lowest BCUT2D eigenvalue weighted by Crippen LogP contribution is -2.34. The maximum absolute atomic E-state index is 6.96. The summed E-state index contributed by atoms with van der Waals surface area (Å²) in [5.41, 5.74) is 16.6. The molecule has 1 spiro atoms. The van der Waals surface area contributed by atoms with E-state index in [0.717, 1.165) is 28.2 Å². The van der Waals surface area contributed by atoms with Crippen molar-refractivity contribution in [3.8, 4) is 44.9 Å². The minimum atomic E-state index is -0.557. The van der Waals surface area contributed by atoms with Gasteiger partial charge in [0.15, 0.2) is 0 Å². The average Bonchev–Trinajstić information content (AvgIpc) is 3.56. The molecule has 0 saturated heterocycles. The summed E-state index contributed by atoms with van der Waals surface area (Å²) in [6.07, 6.45) is 0. The third-order valence-electron chi connectivity index (χ3n) is 12.6. The number of hydrogen-bond donors (Lipinski definition) is 0. The zero-order chi connectivity index (χ0) is 36.1. The highest BCUT2D eigenvalue weighted by Gasteiger charge is 2.51. The Hall–Kier alpha value is -6.96. The van der Waals surface area contributed by atoms with Gasteiger partial charge in [-0.15, -0.1) is 0 Å². The van der Waals surface area contributed by atoms with Crippen LogP contribution in [0.2, 0.25) is 0 Å². The Morgan fingerprint density at radius 3 is 1.60 bits per heavy atom. The van der Waals surface area contributed by atoms with Gasteiger partial charge in [0, 0.05) is 11.1 Å². The number of ether oxygens (including phenoxy) is 1. The molecule has 9 aromatic rings. The number of hydrogen-bond acceptors (Lipinski definition) is 1. The summed E-state index contributed by atoms with van der Waals surface area (Å²) in [7, 11) is 0. The molecule has 3 aliphatic rings. The van der Waals surface area contributed by atoms with E-state index in [4.69, 9.17) is 4.74 Å². The molecule has 0 N–H and O–H groups in total. The quantitative estimate of drug-likeness (QED) is 0.178. The van der Waals surface area contributed by atoms with Crippen LogP contribution in [0, 0.1) is 0 Å². The van der Waals surface area contributed by atoms with Gasteiger partial charge < -0.3 is 4.74 Å². The lowest BCUT2D eigenvalue weighted by Gasteiger charge is -2.41. The third kappa shape index (κ3) is 3.87. The van der Waals surface area contributed by atoms with E-state index in [2.05, 4.69) is 206 Å². The molecule has 0 radical (unpaired) electrons. The van der Waals surface area contributed by atoms with Crippen LogP contribution in [0.3, 0.4) is 0 Å². The van der Waals surface area contributed by atoms with Crippen molar-refractivity contribution in [2.75, 3.05) is 0 Å². The average molecular weight is 699 g/mol. The van der Waals surface area contributed by atoms with Gasteiger partial charge in [-0.2, -0.15) is 0 Å². The summed E-state index contributed by atoms with van der Waals surface area (Å²) in [6.45, 7) is 0. The van der Waals surface area contributed by atoms with E-state index in [9.17, 15) is 0 Å². The first-order valence-electron chi connectivity index (χ1n) is 19.2. The summed E-state index contributed by atoms with van der Waals surface area (Å²) in [4.78, 5) is 0. The van der Waals surface area contributed by atoms with E-state index < -0.39 is 10.8 Å². The topological polar surface area (TPSA) is 9.23 Å². The summed E-state index contributed by atoms with van der Waals surface area (Å²) in [6, 6.07) is 76.1. The van der Waals surface area contributed by atoms with Crippen LogP contribution in [0.4, 0.5) is 0 Å². The third-order valence-corrected chi connectivity index (χ3v) is 12.6. The van der Waals surface area contributed by atoms with Crippen LogP contribution in [0.25, 0.3) is 44.2 Å². The van der Waals surface area contributed by atoms with Crippen LogP contribution in [0.1, 0.15) is 44.5 Å². The molecule has 256 valence electrons. The number of fused-ring (bicyclic) bond motifs is 11. The Balaban J connectivity index is 1.14. The van der Waals surface area contributed by atoms with Crippen molar-refractivity contribution in [3.63, 3.8) is 0 Å². The van der Waals surface area contributed by atoms with Crippen LogP contribution < -0.4 is 4.74 Å². The normalized spacial score (nSPS) is 16.4. The van der Waals surface area contributed by atoms with Gasteiger partial charge in [-0.1, -0.05) is 194 Å². The van der Waals surface area contributed by atoms with Crippen molar-refractivity contribution in [1.82, 2.24) is 0 Å². The Bertz CT molecular complexity index is 2970. The van der Waals surface area contributed by atoms with Crippen LogP contribution in [-0.4, -0.2) is 0 Å². The van der Waals surface area contributed by atoms with Crippen molar-refractivity contribution in [3.05, 3.63) is 251 Å². The lowest BCUT2D eigenvalue weighted by atomic mass is 9.61. The van der Waals surface area contributed by atoms with E-state index >= 15 is 0 Å². The molecule has 12 rings (SSSR count). The summed E-state index contributed by atoms with van der Waals surface area (Å²) in [5.74, 6) is 1.76. The van der Waals surface area contributed by atoms with E-state index in [1.54, 1.807) is 0 Å². The molecule has 2 aliphatic carbocycles. The van der Waals surface area contributed by atoms with Crippen LogP contribution in [-0.2, 0) is 10.8 Å². The zero-order valence-electron chi connectivity index (χ0n) is 30.0. The predicted octanol–water partition coefficient (Wildman–Crippen LogP) is 13.3. The van der Waals surface area contributed by atoms with Crippen molar-refractivity contribution < 1.29 is 4.74 Å². The maximum atomic E-state index is 6.96. The van der Waals surface area contributed by atoms with Gasteiger partial charge in [0.1, 0.15) is 11.5 Å². The SMILES string of the molecule is c1ccc(C2(c3ccccc3)c3ccccc3Oc3cc(-c4cccc5c4-c4ccccc4C54c5ccccc5-c5cccc6cccc4c56)ccc32)cc1. The Morgan fingerprint density at radius 2 is 0.836 bits per heavy atom. The Morgan fingerprint density at radius 1 is 0.309 bits per heavy atom. The first kappa shape index (κ1) is 30.5. The minimum absolute atomic E-state index is 0.466. The first-order valence-corrected chi connectivity index (χ1v) is 19.2. The largest absolute Gasteiger partial charge is 0.457 e. The molecular weight excluding hydrogens is 665 g/mol. The van der Waals surface area contributed by atoms with Gasteiger partial charge >= 0.3 is 0 Å². The highest BCUT2D eigenvalue weighted by atomic mass is 16.5. The first-order chi connectivity index (χ1) is 27.3. The smallest absolute Gasteiger partial charge is 0.132 e. The minimum Gasteiger partial charge on any atom is -0.457 e.